The Kier molecular flexibility index (Phi) is 4.05. The van der Waals surface area contributed by atoms with Crippen molar-refractivity contribution < 1.29 is 0 Å². The third-order valence-electron chi connectivity index (χ3n) is 4.13. The van der Waals surface area contributed by atoms with E-state index in [1.807, 2.05) is 23.6 Å². The molecule has 0 radical (unpaired) electrons. The molecule has 0 spiro atoms. The maximum Gasteiger partial charge on any atom is 0.261 e. The molecule has 0 saturated heterocycles. The Morgan fingerprint density at radius 3 is 2.67 bits per heavy atom. The third kappa shape index (κ3) is 2.72. The van der Waals surface area contributed by atoms with Gasteiger partial charge in [0.05, 0.1) is 5.56 Å². The summed E-state index contributed by atoms with van der Waals surface area (Å²) in [6.07, 6.45) is 5.91. The van der Waals surface area contributed by atoms with Crippen molar-refractivity contribution in [1.82, 2.24) is 14.8 Å². The zero-order chi connectivity index (χ0) is 14.8. The van der Waals surface area contributed by atoms with Gasteiger partial charge in [0, 0.05) is 18.8 Å². The summed E-state index contributed by atoms with van der Waals surface area (Å²) < 4.78 is 1.97. The van der Waals surface area contributed by atoms with Crippen LogP contribution in [-0.4, -0.2) is 21.8 Å². The summed E-state index contributed by atoms with van der Waals surface area (Å²) in [5, 5.41) is 12.5. The van der Waals surface area contributed by atoms with E-state index in [1.165, 1.54) is 30.6 Å². The molecule has 1 saturated carbocycles. The monoisotopic (exact) mass is 304 g/mol. The molecule has 2 aromatic rings. The van der Waals surface area contributed by atoms with Crippen LogP contribution in [0.25, 0.3) is 10.6 Å². The number of aromatic nitrogens is 3. The molecule has 1 N–H and O–H groups in total. The van der Waals surface area contributed by atoms with E-state index < -0.39 is 0 Å². The molecule has 3 rings (SSSR count). The average Bonchev–Trinajstić information content (AvgIpc) is 2.97. The van der Waals surface area contributed by atoms with Gasteiger partial charge in [0.15, 0.2) is 5.01 Å². The smallest absolute Gasteiger partial charge is 0.261 e. The molecule has 0 unspecified atom stereocenters. The Morgan fingerprint density at radius 2 is 2.00 bits per heavy atom. The van der Waals surface area contributed by atoms with Gasteiger partial charge < -0.3 is 9.88 Å². The Balaban J connectivity index is 2.05. The van der Waals surface area contributed by atoms with Crippen molar-refractivity contribution in [1.29, 1.82) is 0 Å². The second kappa shape index (κ2) is 5.97. The summed E-state index contributed by atoms with van der Waals surface area (Å²) in [5.74, 6) is 0. The van der Waals surface area contributed by atoms with Gasteiger partial charge in [0.1, 0.15) is 0 Å². The van der Waals surface area contributed by atoms with Crippen molar-refractivity contribution in [2.24, 2.45) is 0 Å². The molecule has 1 aliphatic rings. The molecule has 6 heteroatoms. The molecule has 2 aromatic heterocycles. The number of hydrogen-bond donors (Lipinski definition) is 1. The minimum absolute atomic E-state index is 0.0701. The number of aryl methyl sites for hydroxylation is 1. The molecule has 0 amide bonds. The minimum atomic E-state index is 0.0701. The van der Waals surface area contributed by atoms with E-state index in [1.54, 1.807) is 7.05 Å². The van der Waals surface area contributed by atoms with Crippen molar-refractivity contribution >= 4 is 16.5 Å². The highest BCUT2D eigenvalue weighted by Crippen LogP contribution is 2.29. The number of pyridine rings is 1. The highest BCUT2D eigenvalue weighted by atomic mass is 32.1. The molecule has 0 aromatic carbocycles. The predicted molar refractivity (Wildman–Crippen MR) is 86.0 cm³/mol. The average molecular weight is 304 g/mol. The van der Waals surface area contributed by atoms with Gasteiger partial charge in [0.2, 0.25) is 5.13 Å². The summed E-state index contributed by atoms with van der Waals surface area (Å²) in [6.45, 7) is 2.01. The normalized spacial score (nSPS) is 16.1. The van der Waals surface area contributed by atoms with Crippen molar-refractivity contribution in [3.05, 3.63) is 28.2 Å². The Morgan fingerprint density at radius 1 is 1.24 bits per heavy atom. The van der Waals surface area contributed by atoms with E-state index in [9.17, 15) is 4.79 Å². The van der Waals surface area contributed by atoms with E-state index in [0.717, 1.165) is 23.7 Å². The van der Waals surface area contributed by atoms with Gasteiger partial charge in [-0.15, -0.1) is 10.2 Å². The predicted octanol–water partition coefficient (Wildman–Crippen LogP) is 3.22. The Hall–Kier alpha value is -1.69. The van der Waals surface area contributed by atoms with Crippen molar-refractivity contribution in [3.63, 3.8) is 0 Å². The van der Waals surface area contributed by atoms with Crippen LogP contribution >= 0.6 is 11.3 Å². The molecule has 5 nitrogen and oxygen atoms in total. The fourth-order valence-corrected chi connectivity index (χ4v) is 3.75. The first-order chi connectivity index (χ1) is 10.2. The first-order valence-electron chi connectivity index (χ1n) is 7.44. The van der Waals surface area contributed by atoms with Gasteiger partial charge in [-0.3, -0.25) is 4.79 Å². The number of nitrogens with one attached hydrogen (secondary N) is 1. The number of nitrogens with zero attached hydrogens (tertiary/aromatic N) is 3. The molecule has 0 bridgehead atoms. The second-order valence-electron chi connectivity index (χ2n) is 5.52. The van der Waals surface area contributed by atoms with E-state index in [2.05, 4.69) is 15.5 Å². The molecular formula is C15H20N4OS. The van der Waals surface area contributed by atoms with Gasteiger partial charge in [-0.1, -0.05) is 30.6 Å². The molecule has 0 atom stereocenters. The molecule has 2 heterocycles. The van der Waals surface area contributed by atoms with Gasteiger partial charge >= 0.3 is 0 Å². The van der Waals surface area contributed by atoms with E-state index in [-0.39, 0.29) is 5.56 Å². The van der Waals surface area contributed by atoms with Gasteiger partial charge in [-0.2, -0.15) is 0 Å². The number of rotatable bonds is 3. The highest BCUT2D eigenvalue weighted by Gasteiger charge is 2.20. The lowest BCUT2D eigenvalue weighted by Gasteiger charge is -2.26. The van der Waals surface area contributed by atoms with E-state index in [4.69, 9.17) is 0 Å². The van der Waals surface area contributed by atoms with Crippen LogP contribution in [0.3, 0.4) is 0 Å². The Labute approximate surface area is 128 Å². The summed E-state index contributed by atoms with van der Waals surface area (Å²) in [4.78, 5) is 12.9. The quantitative estimate of drug-likeness (QED) is 0.946. The summed E-state index contributed by atoms with van der Waals surface area (Å²) in [7, 11) is 1.81. The zero-order valence-corrected chi connectivity index (χ0v) is 13.2. The standard InChI is InChI=1S/C15H20N4OS/c1-10-8-9-12(13-17-18-15(16-2)21-13)14(20)19(10)11-6-4-3-5-7-11/h8-9,11H,3-7H2,1-2H3,(H,16,18). The van der Waals surface area contributed by atoms with Crippen LogP contribution in [0.4, 0.5) is 5.13 Å². The molecule has 112 valence electrons. The largest absolute Gasteiger partial charge is 0.363 e. The molecule has 1 fully saturated rings. The lowest BCUT2D eigenvalue weighted by molar-refractivity contribution is 0.342. The molecular weight excluding hydrogens is 284 g/mol. The molecule has 0 aliphatic heterocycles. The van der Waals surface area contributed by atoms with Gasteiger partial charge in [0.25, 0.3) is 5.56 Å². The van der Waals surface area contributed by atoms with Crippen molar-refractivity contribution in [2.45, 2.75) is 45.1 Å². The zero-order valence-electron chi connectivity index (χ0n) is 12.4. The maximum absolute atomic E-state index is 12.9. The van der Waals surface area contributed by atoms with Crippen LogP contribution < -0.4 is 10.9 Å². The van der Waals surface area contributed by atoms with Crippen LogP contribution in [-0.2, 0) is 0 Å². The van der Waals surface area contributed by atoms with Crippen LogP contribution in [0.15, 0.2) is 16.9 Å². The van der Waals surface area contributed by atoms with Gasteiger partial charge in [-0.05, 0) is 31.9 Å². The lowest BCUT2D eigenvalue weighted by atomic mass is 9.94. The second-order valence-corrected chi connectivity index (χ2v) is 6.50. The summed E-state index contributed by atoms with van der Waals surface area (Å²) in [5.41, 5.74) is 1.76. The Bertz CT molecular complexity index is 685. The fraction of sp³-hybridized carbons (Fsp3) is 0.533. The maximum atomic E-state index is 12.9. The highest BCUT2D eigenvalue weighted by molar-refractivity contribution is 7.18. The van der Waals surface area contributed by atoms with Crippen LogP contribution in [0.1, 0.15) is 43.8 Å². The van der Waals surface area contributed by atoms with E-state index in [0.29, 0.717) is 16.6 Å². The minimum Gasteiger partial charge on any atom is -0.363 e. The summed E-state index contributed by atoms with van der Waals surface area (Å²) in [6, 6.07) is 4.23. The van der Waals surface area contributed by atoms with Crippen LogP contribution in [0.5, 0.6) is 0 Å². The van der Waals surface area contributed by atoms with Crippen molar-refractivity contribution in [2.75, 3.05) is 12.4 Å². The SMILES string of the molecule is CNc1nnc(-c2ccc(C)n(C3CCCCC3)c2=O)s1. The number of anilines is 1. The topological polar surface area (TPSA) is 59.8 Å². The summed E-state index contributed by atoms with van der Waals surface area (Å²) >= 11 is 1.41. The molecule has 1 aliphatic carbocycles. The third-order valence-corrected chi connectivity index (χ3v) is 5.10. The lowest BCUT2D eigenvalue weighted by Crippen LogP contribution is -2.29. The van der Waals surface area contributed by atoms with Crippen LogP contribution in [0.2, 0.25) is 0 Å². The fourth-order valence-electron chi connectivity index (χ4n) is 3.03. The van der Waals surface area contributed by atoms with Gasteiger partial charge in [-0.25, -0.2) is 0 Å². The van der Waals surface area contributed by atoms with E-state index >= 15 is 0 Å². The number of hydrogen-bond acceptors (Lipinski definition) is 5. The van der Waals surface area contributed by atoms with Crippen molar-refractivity contribution in [3.8, 4) is 10.6 Å². The van der Waals surface area contributed by atoms with Crippen LogP contribution in [0, 0.1) is 6.92 Å². The first kappa shape index (κ1) is 14.3. The molecule has 21 heavy (non-hydrogen) atoms. The first-order valence-corrected chi connectivity index (χ1v) is 8.26.